The van der Waals surface area contributed by atoms with Gasteiger partial charge in [-0.3, -0.25) is 0 Å². The number of hydrogen-bond donors (Lipinski definition) is 1. The third-order valence-electron chi connectivity index (χ3n) is 2.07. The van der Waals surface area contributed by atoms with Gasteiger partial charge < -0.3 is 14.2 Å². The van der Waals surface area contributed by atoms with E-state index in [1.807, 2.05) is 0 Å². The molecule has 0 spiro atoms. The molecule has 0 fully saturated rings. The molecule has 0 saturated heterocycles. The molecule has 0 aliphatic carbocycles. The molecule has 1 aromatic rings. The fraction of sp³-hybridized carbons (Fsp3) is 0.455. The van der Waals surface area contributed by atoms with Crippen molar-refractivity contribution in [3.8, 4) is 5.75 Å². The lowest BCUT2D eigenvalue weighted by Gasteiger charge is -2.10. The SMILES string of the molecule is COCCOCCOc1ccccc1S(N)(=O)=O. The molecule has 0 saturated carbocycles. The molecule has 0 aliphatic heterocycles. The van der Waals surface area contributed by atoms with Crippen LogP contribution in [0.4, 0.5) is 0 Å². The van der Waals surface area contributed by atoms with Crippen LogP contribution in [0.5, 0.6) is 5.75 Å². The van der Waals surface area contributed by atoms with Gasteiger partial charge in [-0.1, -0.05) is 12.1 Å². The Kier molecular flexibility index (Phi) is 6.06. The lowest BCUT2D eigenvalue weighted by Crippen LogP contribution is -2.15. The quantitative estimate of drug-likeness (QED) is 0.693. The van der Waals surface area contributed by atoms with E-state index in [2.05, 4.69) is 0 Å². The largest absolute Gasteiger partial charge is 0.490 e. The monoisotopic (exact) mass is 275 g/mol. The molecule has 6 nitrogen and oxygen atoms in total. The molecule has 0 heterocycles. The van der Waals surface area contributed by atoms with Gasteiger partial charge in [0, 0.05) is 7.11 Å². The van der Waals surface area contributed by atoms with Crippen LogP contribution in [0.1, 0.15) is 0 Å². The van der Waals surface area contributed by atoms with E-state index in [9.17, 15) is 8.42 Å². The van der Waals surface area contributed by atoms with E-state index in [4.69, 9.17) is 19.3 Å². The first kappa shape index (κ1) is 14.9. The molecule has 1 aromatic carbocycles. The van der Waals surface area contributed by atoms with Gasteiger partial charge in [0.25, 0.3) is 0 Å². The number of sulfonamides is 1. The summed E-state index contributed by atoms with van der Waals surface area (Å²) in [5.74, 6) is 0.232. The minimum Gasteiger partial charge on any atom is -0.490 e. The Hall–Kier alpha value is -1.15. The molecule has 1 rings (SSSR count). The van der Waals surface area contributed by atoms with Crippen molar-refractivity contribution < 1.29 is 22.6 Å². The van der Waals surface area contributed by atoms with E-state index in [1.54, 1.807) is 25.3 Å². The topological polar surface area (TPSA) is 87.8 Å². The Balaban J connectivity index is 2.48. The van der Waals surface area contributed by atoms with Crippen molar-refractivity contribution in [3.05, 3.63) is 24.3 Å². The van der Waals surface area contributed by atoms with E-state index < -0.39 is 10.0 Å². The van der Waals surface area contributed by atoms with Crippen molar-refractivity contribution in [3.63, 3.8) is 0 Å². The van der Waals surface area contributed by atoms with E-state index in [0.717, 1.165) is 0 Å². The second-order valence-electron chi connectivity index (χ2n) is 3.45. The molecular formula is C11H17NO5S. The van der Waals surface area contributed by atoms with Crippen LogP contribution in [0.2, 0.25) is 0 Å². The lowest BCUT2D eigenvalue weighted by atomic mass is 10.3. The number of benzene rings is 1. The minimum absolute atomic E-state index is 0.0260. The normalized spacial score (nSPS) is 11.4. The van der Waals surface area contributed by atoms with Gasteiger partial charge in [-0.2, -0.15) is 0 Å². The first-order valence-corrected chi connectivity index (χ1v) is 6.91. The summed E-state index contributed by atoms with van der Waals surface area (Å²) in [5.41, 5.74) is 0. The maximum Gasteiger partial charge on any atom is 0.241 e. The van der Waals surface area contributed by atoms with Crippen LogP contribution in [0.25, 0.3) is 0 Å². The first-order chi connectivity index (χ1) is 8.55. The average Bonchev–Trinajstić information content (AvgIpc) is 2.33. The minimum atomic E-state index is -3.77. The second-order valence-corrected chi connectivity index (χ2v) is 4.98. The summed E-state index contributed by atoms with van der Waals surface area (Å²) >= 11 is 0. The summed E-state index contributed by atoms with van der Waals surface area (Å²) in [5, 5.41) is 5.07. The Morgan fingerprint density at radius 3 is 2.44 bits per heavy atom. The van der Waals surface area contributed by atoms with E-state index in [-0.39, 0.29) is 17.3 Å². The fourth-order valence-electron chi connectivity index (χ4n) is 1.26. The number of ether oxygens (including phenoxy) is 3. The Labute approximate surface area is 107 Å². The predicted molar refractivity (Wildman–Crippen MR) is 66.0 cm³/mol. The highest BCUT2D eigenvalue weighted by Crippen LogP contribution is 2.21. The summed E-state index contributed by atoms with van der Waals surface area (Å²) in [7, 11) is -2.19. The van der Waals surface area contributed by atoms with Gasteiger partial charge in [-0.15, -0.1) is 0 Å². The van der Waals surface area contributed by atoms with Crippen LogP contribution in [0.15, 0.2) is 29.2 Å². The third-order valence-corrected chi connectivity index (χ3v) is 3.02. The molecule has 18 heavy (non-hydrogen) atoms. The summed E-state index contributed by atoms with van der Waals surface area (Å²) in [6.45, 7) is 1.57. The Morgan fingerprint density at radius 1 is 1.11 bits per heavy atom. The van der Waals surface area contributed by atoms with Crippen LogP contribution < -0.4 is 9.88 Å². The average molecular weight is 275 g/mol. The van der Waals surface area contributed by atoms with Gasteiger partial charge in [-0.05, 0) is 12.1 Å². The maximum atomic E-state index is 11.3. The smallest absolute Gasteiger partial charge is 0.241 e. The number of para-hydroxylation sites is 1. The zero-order valence-corrected chi connectivity index (χ0v) is 11.0. The van der Waals surface area contributed by atoms with Gasteiger partial charge >= 0.3 is 0 Å². The molecule has 0 aliphatic rings. The number of methoxy groups -OCH3 is 1. The molecule has 0 aromatic heterocycles. The van der Waals surface area contributed by atoms with Crippen molar-refractivity contribution in [2.24, 2.45) is 5.14 Å². The second kappa shape index (κ2) is 7.32. The number of hydrogen-bond acceptors (Lipinski definition) is 5. The van der Waals surface area contributed by atoms with E-state index in [1.165, 1.54) is 6.07 Å². The standard InChI is InChI=1S/C11H17NO5S/c1-15-6-7-16-8-9-17-10-4-2-3-5-11(10)18(12,13)14/h2-5H,6-9H2,1H3,(H2,12,13,14). The number of rotatable bonds is 8. The number of nitrogens with two attached hydrogens (primary N) is 1. The van der Waals surface area contributed by atoms with Crippen LogP contribution in [0.3, 0.4) is 0 Å². The van der Waals surface area contributed by atoms with Crippen LogP contribution >= 0.6 is 0 Å². The predicted octanol–water partition coefficient (Wildman–Crippen LogP) is 0.376. The summed E-state index contributed by atoms with van der Waals surface area (Å²) in [6.07, 6.45) is 0. The zero-order chi connectivity index (χ0) is 13.4. The molecule has 7 heteroatoms. The maximum absolute atomic E-state index is 11.3. The highest BCUT2D eigenvalue weighted by molar-refractivity contribution is 7.89. The van der Waals surface area contributed by atoms with Gasteiger partial charge in [-0.25, -0.2) is 13.6 Å². The molecule has 0 atom stereocenters. The van der Waals surface area contributed by atoms with Gasteiger partial charge in [0.15, 0.2) is 0 Å². The van der Waals surface area contributed by atoms with Gasteiger partial charge in [0.1, 0.15) is 17.3 Å². The Morgan fingerprint density at radius 2 is 1.78 bits per heavy atom. The third kappa shape index (κ3) is 5.01. The van der Waals surface area contributed by atoms with Crippen molar-refractivity contribution in [1.82, 2.24) is 0 Å². The van der Waals surface area contributed by atoms with E-state index >= 15 is 0 Å². The van der Waals surface area contributed by atoms with Crippen molar-refractivity contribution in [2.45, 2.75) is 4.90 Å². The summed E-state index contributed by atoms with van der Waals surface area (Å²) in [4.78, 5) is -0.0260. The highest BCUT2D eigenvalue weighted by Gasteiger charge is 2.13. The first-order valence-electron chi connectivity index (χ1n) is 5.37. The lowest BCUT2D eigenvalue weighted by molar-refractivity contribution is 0.0539. The van der Waals surface area contributed by atoms with Crippen LogP contribution in [0, 0.1) is 0 Å². The molecule has 0 amide bonds. The highest BCUT2D eigenvalue weighted by atomic mass is 32.2. The van der Waals surface area contributed by atoms with Crippen LogP contribution in [-0.2, 0) is 19.5 Å². The number of primary sulfonamides is 1. The molecule has 102 valence electrons. The van der Waals surface area contributed by atoms with Crippen molar-refractivity contribution in [2.75, 3.05) is 33.5 Å². The van der Waals surface area contributed by atoms with Gasteiger partial charge in [0.2, 0.25) is 10.0 Å². The van der Waals surface area contributed by atoms with Crippen LogP contribution in [-0.4, -0.2) is 42.0 Å². The summed E-state index contributed by atoms with van der Waals surface area (Å²) in [6, 6.07) is 6.21. The molecule has 0 unspecified atom stereocenters. The molecular weight excluding hydrogens is 258 g/mol. The van der Waals surface area contributed by atoms with Crippen molar-refractivity contribution >= 4 is 10.0 Å². The van der Waals surface area contributed by atoms with Gasteiger partial charge in [0.05, 0.1) is 19.8 Å². The fourth-order valence-corrected chi connectivity index (χ4v) is 1.93. The zero-order valence-electron chi connectivity index (χ0n) is 10.2. The van der Waals surface area contributed by atoms with Crippen molar-refractivity contribution in [1.29, 1.82) is 0 Å². The molecule has 0 radical (unpaired) electrons. The Bertz CT molecular complexity index is 460. The summed E-state index contributed by atoms with van der Waals surface area (Å²) < 4.78 is 37.9. The molecule has 0 bridgehead atoms. The van der Waals surface area contributed by atoms with E-state index in [0.29, 0.717) is 19.8 Å². The molecule has 2 N–H and O–H groups in total.